The third-order valence-electron chi connectivity index (χ3n) is 8.39. The Bertz CT molecular complexity index is 1230. The SMILES string of the molecule is O=C(N[C@@H](CC1CCCCC1)C(=O)N[C@@H](CCc1ccccc1)C[C@@H]1CCNC1=O)c1cc2ccccc2[nH]1. The number of hydrogen-bond acceptors (Lipinski definition) is 3. The number of carbonyl (C=O) groups excluding carboxylic acids is 3. The van der Waals surface area contributed by atoms with E-state index in [1.807, 2.05) is 48.5 Å². The molecule has 1 aliphatic heterocycles. The van der Waals surface area contributed by atoms with Gasteiger partial charge in [0.15, 0.2) is 0 Å². The molecule has 3 atom stereocenters. The summed E-state index contributed by atoms with van der Waals surface area (Å²) in [5.74, 6) is -0.0239. The first kappa shape index (κ1) is 27.0. The van der Waals surface area contributed by atoms with Gasteiger partial charge in [-0.3, -0.25) is 14.4 Å². The maximum Gasteiger partial charge on any atom is 0.268 e. The normalized spacial score (nSPS) is 19.4. The lowest BCUT2D eigenvalue weighted by Crippen LogP contribution is -2.51. The molecule has 206 valence electrons. The van der Waals surface area contributed by atoms with Crippen LogP contribution in [-0.4, -0.2) is 41.3 Å². The van der Waals surface area contributed by atoms with E-state index in [1.165, 1.54) is 24.8 Å². The number of rotatable bonds is 11. The summed E-state index contributed by atoms with van der Waals surface area (Å²) in [5, 5.41) is 10.2. The van der Waals surface area contributed by atoms with Crippen LogP contribution in [0, 0.1) is 11.8 Å². The van der Waals surface area contributed by atoms with Crippen LogP contribution in [0.25, 0.3) is 10.9 Å². The number of para-hydroxylation sites is 1. The third kappa shape index (κ3) is 7.28. The van der Waals surface area contributed by atoms with Gasteiger partial charge in [0.05, 0.1) is 0 Å². The molecule has 1 saturated heterocycles. The van der Waals surface area contributed by atoms with Crippen molar-refractivity contribution in [1.82, 2.24) is 20.9 Å². The topological polar surface area (TPSA) is 103 Å². The van der Waals surface area contributed by atoms with Crippen molar-refractivity contribution in [2.24, 2.45) is 11.8 Å². The predicted molar refractivity (Wildman–Crippen MR) is 153 cm³/mol. The van der Waals surface area contributed by atoms with Crippen LogP contribution in [0.4, 0.5) is 0 Å². The molecule has 2 aliphatic rings. The molecule has 4 N–H and O–H groups in total. The molecular formula is C32H40N4O3. The van der Waals surface area contributed by atoms with Crippen LogP contribution in [0.3, 0.4) is 0 Å². The number of benzene rings is 2. The Labute approximate surface area is 230 Å². The molecule has 7 heteroatoms. The fourth-order valence-corrected chi connectivity index (χ4v) is 6.17. The number of fused-ring (bicyclic) bond motifs is 1. The van der Waals surface area contributed by atoms with Gasteiger partial charge in [0, 0.05) is 29.4 Å². The average molecular weight is 529 g/mol. The molecule has 7 nitrogen and oxygen atoms in total. The Morgan fingerprint density at radius 2 is 1.67 bits per heavy atom. The van der Waals surface area contributed by atoms with Crippen LogP contribution in [-0.2, 0) is 16.0 Å². The van der Waals surface area contributed by atoms with Crippen molar-refractivity contribution in [1.29, 1.82) is 0 Å². The number of H-pyrrole nitrogens is 1. The highest BCUT2D eigenvalue weighted by atomic mass is 16.2. The minimum absolute atomic E-state index is 0.0693. The summed E-state index contributed by atoms with van der Waals surface area (Å²) in [7, 11) is 0. The lowest BCUT2D eigenvalue weighted by atomic mass is 9.84. The molecule has 1 aromatic heterocycles. The van der Waals surface area contributed by atoms with E-state index in [0.717, 1.165) is 43.0 Å². The molecule has 2 heterocycles. The number of amides is 3. The van der Waals surface area contributed by atoms with Gasteiger partial charge in [-0.05, 0) is 55.7 Å². The van der Waals surface area contributed by atoms with Gasteiger partial charge in [-0.1, -0.05) is 80.6 Å². The summed E-state index contributed by atoms with van der Waals surface area (Å²) in [6, 6.07) is 19.1. The van der Waals surface area contributed by atoms with E-state index in [-0.39, 0.29) is 29.7 Å². The monoisotopic (exact) mass is 528 g/mol. The van der Waals surface area contributed by atoms with Crippen LogP contribution in [0.15, 0.2) is 60.7 Å². The van der Waals surface area contributed by atoms with E-state index < -0.39 is 6.04 Å². The van der Waals surface area contributed by atoms with Crippen molar-refractivity contribution < 1.29 is 14.4 Å². The van der Waals surface area contributed by atoms with E-state index in [2.05, 4.69) is 33.1 Å². The molecule has 2 aromatic carbocycles. The van der Waals surface area contributed by atoms with E-state index in [0.29, 0.717) is 31.0 Å². The molecular weight excluding hydrogens is 488 g/mol. The summed E-state index contributed by atoms with van der Waals surface area (Å²) in [4.78, 5) is 42.7. The van der Waals surface area contributed by atoms with Gasteiger partial charge >= 0.3 is 0 Å². The lowest BCUT2D eigenvalue weighted by Gasteiger charge is -2.29. The molecule has 0 bridgehead atoms. The van der Waals surface area contributed by atoms with Gasteiger partial charge in [-0.15, -0.1) is 0 Å². The summed E-state index contributed by atoms with van der Waals surface area (Å²) in [6.07, 6.45) is 9.34. The van der Waals surface area contributed by atoms with Crippen LogP contribution in [0.5, 0.6) is 0 Å². The Balaban J connectivity index is 1.30. The zero-order chi connectivity index (χ0) is 27.0. The quantitative estimate of drug-likeness (QED) is 0.285. The third-order valence-corrected chi connectivity index (χ3v) is 8.39. The number of carbonyl (C=O) groups is 3. The van der Waals surface area contributed by atoms with Crippen LogP contribution < -0.4 is 16.0 Å². The second kappa shape index (κ2) is 13.0. The Morgan fingerprint density at radius 3 is 2.41 bits per heavy atom. The van der Waals surface area contributed by atoms with Gasteiger partial charge in [0.1, 0.15) is 11.7 Å². The maximum atomic E-state index is 13.8. The van der Waals surface area contributed by atoms with Crippen LogP contribution >= 0.6 is 0 Å². The molecule has 1 aliphatic carbocycles. The highest BCUT2D eigenvalue weighted by Gasteiger charge is 2.31. The van der Waals surface area contributed by atoms with E-state index in [9.17, 15) is 14.4 Å². The van der Waals surface area contributed by atoms with Gasteiger partial charge in [-0.25, -0.2) is 0 Å². The second-order valence-electron chi connectivity index (χ2n) is 11.3. The molecule has 5 rings (SSSR count). The van der Waals surface area contributed by atoms with Crippen molar-refractivity contribution in [3.63, 3.8) is 0 Å². The number of aromatic nitrogens is 1. The molecule has 3 amide bonds. The van der Waals surface area contributed by atoms with E-state index in [4.69, 9.17) is 0 Å². The van der Waals surface area contributed by atoms with E-state index in [1.54, 1.807) is 0 Å². The summed E-state index contributed by atoms with van der Waals surface area (Å²) in [5.41, 5.74) is 2.56. The molecule has 3 aromatic rings. The van der Waals surface area contributed by atoms with Gasteiger partial charge < -0.3 is 20.9 Å². The smallest absolute Gasteiger partial charge is 0.268 e. The van der Waals surface area contributed by atoms with Crippen LogP contribution in [0.1, 0.15) is 73.8 Å². The number of hydrogen-bond donors (Lipinski definition) is 4. The van der Waals surface area contributed by atoms with Crippen molar-refractivity contribution in [2.45, 2.75) is 76.3 Å². The number of aromatic amines is 1. The zero-order valence-electron chi connectivity index (χ0n) is 22.6. The Kier molecular flexibility index (Phi) is 8.96. The van der Waals surface area contributed by atoms with Gasteiger partial charge in [0.25, 0.3) is 5.91 Å². The largest absolute Gasteiger partial charge is 0.356 e. The molecule has 0 unspecified atom stereocenters. The van der Waals surface area contributed by atoms with Gasteiger partial charge in [-0.2, -0.15) is 0 Å². The minimum atomic E-state index is -0.622. The summed E-state index contributed by atoms with van der Waals surface area (Å²) in [6.45, 7) is 0.688. The number of aryl methyl sites for hydroxylation is 1. The molecule has 39 heavy (non-hydrogen) atoms. The summed E-state index contributed by atoms with van der Waals surface area (Å²) < 4.78 is 0. The maximum absolute atomic E-state index is 13.8. The Morgan fingerprint density at radius 1 is 0.897 bits per heavy atom. The van der Waals surface area contributed by atoms with Crippen molar-refractivity contribution in [3.8, 4) is 0 Å². The minimum Gasteiger partial charge on any atom is -0.356 e. The number of nitrogens with one attached hydrogen (secondary N) is 4. The Hall–Kier alpha value is -3.61. The summed E-state index contributed by atoms with van der Waals surface area (Å²) >= 11 is 0. The first-order valence-corrected chi connectivity index (χ1v) is 14.6. The van der Waals surface area contributed by atoms with Crippen molar-refractivity contribution in [3.05, 3.63) is 71.9 Å². The fraction of sp³-hybridized carbons (Fsp3) is 0.469. The molecule has 1 saturated carbocycles. The van der Waals surface area contributed by atoms with Crippen molar-refractivity contribution in [2.75, 3.05) is 6.54 Å². The molecule has 2 fully saturated rings. The molecule has 0 radical (unpaired) electrons. The second-order valence-corrected chi connectivity index (χ2v) is 11.3. The molecule has 0 spiro atoms. The fourth-order valence-electron chi connectivity index (χ4n) is 6.17. The standard InChI is InChI=1S/C32H40N4O3/c37-30-25(17-18-33-30)20-26(16-15-22-9-3-1-4-10-22)34-31(38)28(19-23-11-5-2-6-12-23)36-32(39)29-21-24-13-7-8-14-27(24)35-29/h1,3-4,7-10,13-14,21,23,25-26,28,35H,2,5-6,11-12,15-20H2,(H,33,37)(H,34,38)(H,36,39)/t25-,26-,28-/m0/s1. The van der Waals surface area contributed by atoms with E-state index >= 15 is 0 Å². The van der Waals surface area contributed by atoms with Gasteiger partial charge in [0.2, 0.25) is 11.8 Å². The van der Waals surface area contributed by atoms with Crippen LogP contribution in [0.2, 0.25) is 0 Å². The zero-order valence-corrected chi connectivity index (χ0v) is 22.6. The first-order chi connectivity index (χ1) is 19.0. The first-order valence-electron chi connectivity index (χ1n) is 14.6. The predicted octanol–water partition coefficient (Wildman–Crippen LogP) is 4.88. The lowest BCUT2D eigenvalue weighted by molar-refractivity contribution is -0.126. The van der Waals surface area contributed by atoms with Crippen molar-refractivity contribution >= 4 is 28.6 Å². The highest BCUT2D eigenvalue weighted by molar-refractivity contribution is 6.00. The average Bonchev–Trinajstić information content (AvgIpc) is 3.58. The highest BCUT2D eigenvalue weighted by Crippen LogP contribution is 2.28.